The summed E-state index contributed by atoms with van der Waals surface area (Å²) in [7, 11) is 0. The highest BCUT2D eigenvalue weighted by atomic mass is 14.6. The van der Waals surface area contributed by atoms with Gasteiger partial charge < -0.3 is 5.73 Å². The summed E-state index contributed by atoms with van der Waals surface area (Å²) in [6.45, 7) is 3.14. The molecule has 1 atom stereocenters. The molecule has 0 radical (unpaired) electrons. The maximum absolute atomic E-state index is 6.00. The first kappa shape index (κ1) is 10.3. The van der Waals surface area contributed by atoms with Gasteiger partial charge in [0.25, 0.3) is 0 Å². The number of hydrogen-bond acceptors (Lipinski definition) is 1. The van der Waals surface area contributed by atoms with E-state index in [4.69, 9.17) is 5.73 Å². The van der Waals surface area contributed by atoms with Gasteiger partial charge in [0.1, 0.15) is 0 Å². The monoisotopic (exact) mass is 215 g/mol. The van der Waals surface area contributed by atoms with Crippen molar-refractivity contribution in [2.24, 2.45) is 11.7 Å². The quantitative estimate of drug-likeness (QED) is 0.766. The Hall–Kier alpha value is -0.820. The minimum atomic E-state index is 0.466. The highest BCUT2D eigenvalue weighted by Gasteiger charge is 2.48. The molecule has 1 spiro atoms. The molecule has 16 heavy (non-hydrogen) atoms. The van der Waals surface area contributed by atoms with Crippen LogP contribution in [0.4, 0.5) is 0 Å². The number of fused-ring (bicyclic) bond motifs is 2. The normalized spacial score (nSPS) is 26.2. The molecule has 0 aromatic heterocycles. The van der Waals surface area contributed by atoms with Gasteiger partial charge in [-0.25, -0.2) is 0 Å². The lowest BCUT2D eigenvalue weighted by Gasteiger charge is -2.52. The van der Waals surface area contributed by atoms with Gasteiger partial charge in [-0.2, -0.15) is 0 Å². The zero-order valence-electron chi connectivity index (χ0n) is 10.1. The minimum Gasteiger partial charge on any atom is -0.330 e. The number of nitrogens with two attached hydrogens (primary N) is 1. The van der Waals surface area contributed by atoms with E-state index in [0.29, 0.717) is 5.41 Å². The van der Waals surface area contributed by atoms with E-state index in [9.17, 15) is 0 Å². The fraction of sp³-hybridized carbons (Fsp3) is 0.600. The van der Waals surface area contributed by atoms with E-state index in [2.05, 4.69) is 25.1 Å². The molecular weight excluding hydrogens is 194 g/mol. The largest absolute Gasteiger partial charge is 0.330 e. The van der Waals surface area contributed by atoms with Crippen LogP contribution in [-0.2, 0) is 11.8 Å². The van der Waals surface area contributed by atoms with Gasteiger partial charge in [0.2, 0.25) is 0 Å². The molecule has 2 N–H and O–H groups in total. The zero-order valence-corrected chi connectivity index (χ0v) is 10.1. The first-order valence-electron chi connectivity index (χ1n) is 6.57. The Kier molecular flexibility index (Phi) is 2.32. The zero-order chi connectivity index (χ0) is 11.2. The van der Waals surface area contributed by atoms with Gasteiger partial charge in [-0.1, -0.05) is 24.6 Å². The van der Waals surface area contributed by atoms with E-state index in [1.165, 1.54) is 37.7 Å². The van der Waals surface area contributed by atoms with Crippen molar-refractivity contribution in [2.45, 2.75) is 44.4 Å². The molecule has 1 saturated carbocycles. The molecule has 0 heterocycles. The first-order chi connectivity index (χ1) is 7.78. The third-order valence-electron chi connectivity index (χ3n) is 4.93. The molecule has 0 bridgehead atoms. The summed E-state index contributed by atoms with van der Waals surface area (Å²) in [4.78, 5) is 0. The van der Waals surface area contributed by atoms with Crippen LogP contribution in [0.5, 0.6) is 0 Å². The summed E-state index contributed by atoms with van der Waals surface area (Å²) in [6, 6.07) is 6.82. The van der Waals surface area contributed by atoms with Crippen molar-refractivity contribution >= 4 is 0 Å². The third-order valence-corrected chi connectivity index (χ3v) is 4.93. The van der Waals surface area contributed by atoms with Gasteiger partial charge in [0.15, 0.2) is 0 Å². The van der Waals surface area contributed by atoms with Crippen LogP contribution >= 0.6 is 0 Å². The molecule has 2 aliphatic rings. The molecular formula is C15H21N. The Morgan fingerprint density at radius 2 is 2.19 bits per heavy atom. The number of aryl methyl sites for hydroxylation is 2. The summed E-state index contributed by atoms with van der Waals surface area (Å²) in [6.07, 6.45) is 6.66. The van der Waals surface area contributed by atoms with E-state index in [1.54, 1.807) is 11.1 Å². The van der Waals surface area contributed by atoms with Crippen LogP contribution in [0.3, 0.4) is 0 Å². The third kappa shape index (κ3) is 1.21. The van der Waals surface area contributed by atoms with Gasteiger partial charge in [0, 0.05) is 0 Å². The molecule has 1 fully saturated rings. The predicted molar refractivity (Wildman–Crippen MR) is 67.6 cm³/mol. The second-order valence-electron chi connectivity index (χ2n) is 5.59. The van der Waals surface area contributed by atoms with Crippen molar-refractivity contribution in [3.05, 3.63) is 34.9 Å². The Morgan fingerprint density at radius 1 is 1.38 bits per heavy atom. The fourth-order valence-corrected chi connectivity index (χ4v) is 4.02. The molecule has 1 aromatic rings. The SMILES string of the molecule is Cc1cccc2c1C1(CCC1)C(CN)CC2. The van der Waals surface area contributed by atoms with Gasteiger partial charge in [-0.3, -0.25) is 0 Å². The maximum Gasteiger partial charge on any atom is -0.000128 e. The van der Waals surface area contributed by atoms with E-state index in [1.807, 2.05) is 0 Å². The van der Waals surface area contributed by atoms with Crippen LogP contribution in [0.1, 0.15) is 42.4 Å². The van der Waals surface area contributed by atoms with Crippen molar-refractivity contribution < 1.29 is 0 Å². The molecule has 2 aliphatic carbocycles. The topological polar surface area (TPSA) is 26.0 Å². The molecule has 0 aliphatic heterocycles. The van der Waals surface area contributed by atoms with E-state index in [0.717, 1.165) is 12.5 Å². The number of hydrogen-bond donors (Lipinski definition) is 1. The van der Waals surface area contributed by atoms with Gasteiger partial charge in [-0.15, -0.1) is 0 Å². The molecule has 1 unspecified atom stereocenters. The maximum atomic E-state index is 6.00. The van der Waals surface area contributed by atoms with Crippen LogP contribution < -0.4 is 5.73 Å². The Balaban J connectivity index is 2.14. The van der Waals surface area contributed by atoms with Crippen molar-refractivity contribution in [3.8, 4) is 0 Å². The average Bonchev–Trinajstić information content (AvgIpc) is 2.25. The molecule has 0 amide bonds. The smallest absolute Gasteiger partial charge is 0.000128 e. The van der Waals surface area contributed by atoms with Gasteiger partial charge in [-0.05, 0) is 67.2 Å². The fourth-order valence-electron chi connectivity index (χ4n) is 4.02. The molecule has 1 heteroatoms. The van der Waals surface area contributed by atoms with Gasteiger partial charge in [0.05, 0.1) is 0 Å². The van der Waals surface area contributed by atoms with Crippen LogP contribution in [0, 0.1) is 12.8 Å². The Bertz CT molecular complexity index is 404. The van der Waals surface area contributed by atoms with Gasteiger partial charge >= 0.3 is 0 Å². The second kappa shape index (κ2) is 3.59. The number of benzene rings is 1. The standard InChI is InChI=1S/C15H21N/c1-11-4-2-5-12-6-7-13(10-16)15(14(11)12)8-3-9-15/h2,4-5,13H,3,6-10,16H2,1H3. The van der Waals surface area contributed by atoms with Crippen molar-refractivity contribution in [3.63, 3.8) is 0 Å². The summed E-state index contributed by atoms with van der Waals surface area (Å²) < 4.78 is 0. The van der Waals surface area contributed by atoms with Crippen molar-refractivity contribution in [2.75, 3.05) is 6.54 Å². The number of rotatable bonds is 1. The second-order valence-corrected chi connectivity index (χ2v) is 5.59. The van der Waals surface area contributed by atoms with Crippen LogP contribution in [0.15, 0.2) is 18.2 Å². The molecule has 3 rings (SSSR count). The summed E-state index contributed by atoms with van der Waals surface area (Å²) >= 11 is 0. The highest BCUT2D eigenvalue weighted by Crippen LogP contribution is 2.54. The Labute approximate surface area is 98.0 Å². The average molecular weight is 215 g/mol. The summed E-state index contributed by atoms with van der Waals surface area (Å²) in [5.74, 6) is 0.731. The summed E-state index contributed by atoms with van der Waals surface area (Å²) in [5, 5.41) is 0. The molecule has 0 saturated heterocycles. The van der Waals surface area contributed by atoms with Crippen LogP contribution in [0.25, 0.3) is 0 Å². The van der Waals surface area contributed by atoms with E-state index >= 15 is 0 Å². The summed E-state index contributed by atoms with van der Waals surface area (Å²) in [5.41, 5.74) is 11.2. The van der Waals surface area contributed by atoms with Crippen molar-refractivity contribution in [1.29, 1.82) is 0 Å². The molecule has 1 nitrogen and oxygen atoms in total. The van der Waals surface area contributed by atoms with E-state index < -0.39 is 0 Å². The first-order valence-corrected chi connectivity index (χ1v) is 6.57. The molecule has 86 valence electrons. The Morgan fingerprint density at radius 3 is 2.81 bits per heavy atom. The van der Waals surface area contributed by atoms with Crippen LogP contribution in [-0.4, -0.2) is 6.54 Å². The highest BCUT2D eigenvalue weighted by molar-refractivity contribution is 5.45. The lowest BCUT2D eigenvalue weighted by Crippen LogP contribution is -2.48. The lowest BCUT2D eigenvalue weighted by atomic mass is 9.52. The minimum absolute atomic E-state index is 0.466. The van der Waals surface area contributed by atoms with E-state index in [-0.39, 0.29) is 0 Å². The van der Waals surface area contributed by atoms with Crippen molar-refractivity contribution in [1.82, 2.24) is 0 Å². The lowest BCUT2D eigenvalue weighted by molar-refractivity contribution is 0.128. The molecule has 1 aromatic carbocycles. The van der Waals surface area contributed by atoms with Crippen LogP contribution in [0.2, 0.25) is 0 Å². The predicted octanol–water partition coefficient (Wildman–Crippen LogP) is 2.94.